The number of nitro benzene ring substituents is 1. The lowest BCUT2D eigenvalue weighted by atomic mass is 9.48. The molecule has 3 aromatic rings. The molecule has 2 N–H and O–H groups in total. The number of likely N-dealkylation sites (N-methyl/N-ethyl adjacent to an activating group) is 1. The molecule has 7 rings (SSSR count). The van der Waals surface area contributed by atoms with Gasteiger partial charge in [0.25, 0.3) is 5.69 Å². The number of likely N-dealkylation sites (tertiary alicyclic amines) is 1. The summed E-state index contributed by atoms with van der Waals surface area (Å²) in [6.07, 6.45) is 5.18. The number of phenolic OH excluding ortho intramolecular Hbond substituents is 1. The minimum Gasteiger partial charge on any atom is -0.504 e. The van der Waals surface area contributed by atoms with Gasteiger partial charge in [-0.1, -0.05) is 60.2 Å². The molecule has 9 heteroatoms. The highest BCUT2D eigenvalue weighted by molar-refractivity contribution is 5.92. The van der Waals surface area contributed by atoms with Gasteiger partial charge in [0.1, 0.15) is 6.10 Å². The molecule has 1 spiro atoms. The second kappa shape index (κ2) is 10.5. The van der Waals surface area contributed by atoms with Crippen LogP contribution in [0.4, 0.5) is 5.69 Å². The molecule has 2 aliphatic carbocycles. The summed E-state index contributed by atoms with van der Waals surface area (Å²) in [5.41, 5.74) is 1.92. The maximum Gasteiger partial charge on any atom is 0.276 e. The lowest BCUT2D eigenvalue weighted by molar-refractivity contribution is -0.386. The van der Waals surface area contributed by atoms with Crippen LogP contribution in [-0.4, -0.2) is 74.8 Å². The number of nitrogens with zero attached hydrogens (tertiary/aromatic N) is 3. The summed E-state index contributed by atoms with van der Waals surface area (Å²) < 4.78 is 6.57. The van der Waals surface area contributed by atoms with Crippen molar-refractivity contribution in [1.82, 2.24) is 9.80 Å². The highest BCUT2D eigenvalue weighted by Gasteiger charge is 2.74. The number of aryl methyl sites for hydroxylation is 1. The summed E-state index contributed by atoms with van der Waals surface area (Å²) in [5, 5.41) is 36.2. The second-order valence-corrected chi connectivity index (χ2v) is 12.8. The van der Waals surface area contributed by atoms with Crippen LogP contribution < -0.4 is 4.74 Å². The van der Waals surface area contributed by atoms with E-state index >= 15 is 0 Å². The predicted molar refractivity (Wildman–Crippen MR) is 166 cm³/mol. The Balaban J connectivity index is 1.27. The van der Waals surface area contributed by atoms with Gasteiger partial charge < -0.3 is 19.8 Å². The number of hydrogen-bond donors (Lipinski definition) is 2. The molecule has 0 unspecified atom stereocenters. The van der Waals surface area contributed by atoms with E-state index in [-0.39, 0.29) is 29.1 Å². The Morgan fingerprint density at radius 1 is 1.18 bits per heavy atom. The number of ether oxygens (including phenoxy) is 1. The Morgan fingerprint density at radius 3 is 2.73 bits per heavy atom. The van der Waals surface area contributed by atoms with Crippen molar-refractivity contribution in [3.8, 4) is 11.5 Å². The third-order valence-corrected chi connectivity index (χ3v) is 10.7. The van der Waals surface area contributed by atoms with E-state index in [1.807, 2.05) is 49.4 Å². The number of benzene rings is 3. The fourth-order valence-electron chi connectivity index (χ4n) is 8.64. The van der Waals surface area contributed by atoms with E-state index in [4.69, 9.17) is 4.74 Å². The van der Waals surface area contributed by atoms with Gasteiger partial charge in [0.15, 0.2) is 11.5 Å². The quantitative estimate of drug-likeness (QED) is 0.234. The van der Waals surface area contributed by atoms with E-state index in [9.17, 15) is 25.1 Å². The Kier molecular flexibility index (Phi) is 6.78. The van der Waals surface area contributed by atoms with Crippen molar-refractivity contribution in [2.75, 3.05) is 20.1 Å². The molecule has 44 heavy (non-hydrogen) atoms. The minimum absolute atomic E-state index is 0.144. The summed E-state index contributed by atoms with van der Waals surface area (Å²) >= 11 is 0. The number of carbonyl (C=O) groups excluding carboxylic acids is 1. The predicted octanol–water partition coefficient (Wildman–Crippen LogP) is 4.55. The van der Waals surface area contributed by atoms with Gasteiger partial charge >= 0.3 is 0 Å². The van der Waals surface area contributed by atoms with Crippen LogP contribution >= 0.6 is 0 Å². The number of nitro groups is 1. The van der Waals surface area contributed by atoms with Crippen LogP contribution in [0, 0.1) is 17.0 Å². The second-order valence-electron chi connectivity index (χ2n) is 12.8. The molecule has 9 nitrogen and oxygen atoms in total. The SMILES string of the molecule is Cc1cccc(C=CC(=O)N(C)[C@@H]2CC[C@@]3(O)[C@H]4Cc5c([N+](=O)[O-])cc(O)c6c5[C@@]3(CCN4CCc3ccccc3)[C@H]2O6)c1. The molecule has 3 aromatic carbocycles. The summed E-state index contributed by atoms with van der Waals surface area (Å²) in [7, 11) is 1.75. The van der Waals surface area contributed by atoms with Crippen molar-refractivity contribution in [1.29, 1.82) is 0 Å². The summed E-state index contributed by atoms with van der Waals surface area (Å²) in [6, 6.07) is 18.5. The van der Waals surface area contributed by atoms with Crippen molar-refractivity contribution < 1.29 is 24.7 Å². The number of carbonyl (C=O) groups is 1. The first kappa shape index (κ1) is 28.6. The van der Waals surface area contributed by atoms with Crippen molar-refractivity contribution in [3.05, 3.63) is 105 Å². The molecule has 5 atom stereocenters. The molecule has 1 amide bonds. The van der Waals surface area contributed by atoms with Gasteiger partial charge in [-0.3, -0.25) is 19.8 Å². The Hall–Kier alpha value is -4.21. The summed E-state index contributed by atoms with van der Waals surface area (Å²) in [5.74, 6) is -0.271. The van der Waals surface area contributed by atoms with Gasteiger partial charge in [-0.15, -0.1) is 0 Å². The average molecular weight is 596 g/mol. The first-order valence-corrected chi connectivity index (χ1v) is 15.4. The lowest BCUT2D eigenvalue weighted by Crippen LogP contribution is -2.78. The molecular weight excluding hydrogens is 558 g/mol. The number of aliphatic hydroxyl groups is 1. The van der Waals surface area contributed by atoms with Crippen molar-refractivity contribution >= 4 is 17.7 Å². The first-order valence-electron chi connectivity index (χ1n) is 15.4. The zero-order valence-corrected chi connectivity index (χ0v) is 25.0. The largest absolute Gasteiger partial charge is 0.504 e. The van der Waals surface area contributed by atoms with Crippen LogP contribution in [0.1, 0.15) is 47.1 Å². The van der Waals surface area contributed by atoms with Crippen molar-refractivity contribution in [3.63, 3.8) is 0 Å². The minimum atomic E-state index is -1.25. The molecular formula is C35H37N3O6. The Bertz CT molecular complexity index is 1670. The topological polar surface area (TPSA) is 116 Å². The molecule has 2 aliphatic heterocycles. The number of rotatable bonds is 7. The van der Waals surface area contributed by atoms with Crippen LogP contribution in [0.2, 0.25) is 0 Å². The standard InChI is InChI=1S/C35H37N3O6/c1-22-7-6-10-24(19-22)11-12-30(40)36(2)26-13-15-35(41)29-20-25-27(38(42)43)21-28(39)32-31(25)34(35,33(26)44-32)16-18-37(29)17-14-23-8-4-3-5-9-23/h3-12,19,21,26,29,33,39,41H,13-18,20H2,1-2H3/t26-,29-,33+,34+,35-/m1/s1. The number of hydrogen-bond acceptors (Lipinski definition) is 7. The lowest BCUT2D eigenvalue weighted by Gasteiger charge is -2.64. The van der Waals surface area contributed by atoms with Gasteiger partial charge in [0.05, 0.1) is 28.0 Å². The molecule has 228 valence electrons. The molecule has 1 saturated heterocycles. The van der Waals surface area contributed by atoms with E-state index in [1.165, 1.54) is 11.6 Å². The number of amides is 1. The van der Waals surface area contributed by atoms with Crippen LogP contribution in [0.5, 0.6) is 11.5 Å². The molecule has 2 heterocycles. The smallest absolute Gasteiger partial charge is 0.276 e. The summed E-state index contributed by atoms with van der Waals surface area (Å²) in [4.78, 5) is 29.3. The summed E-state index contributed by atoms with van der Waals surface area (Å²) in [6.45, 7) is 3.37. The van der Waals surface area contributed by atoms with E-state index in [1.54, 1.807) is 24.1 Å². The van der Waals surface area contributed by atoms with Crippen LogP contribution in [0.25, 0.3) is 6.08 Å². The third kappa shape index (κ3) is 4.17. The van der Waals surface area contributed by atoms with E-state index in [0.717, 1.165) is 17.5 Å². The number of phenols is 1. The number of piperidine rings is 1. The molecule has 2 bridgehead atoms. The van der Waals surface area contributed by atoms with Crippen LogP contribution in [0.15, 0.2) is 66.7 Å². The zero-order valence-electron chi connectivity index (χ0n) is 25.0. The Morgan fingerprint density at radius 2 is 1.98 bits per heavy atom. The van der Waals surface area contributed by atoms with Crippen molar-refractivity contribution in [2.24, 2.45) is 0 Å². The van der Waals surface area contributed by atoms with Crippen molar-refractivity contribution in [2.45, 2.75) is 68.2 Å². The van der Waals surface area contributed by atoms with Crippen LogP contribution in [-0.2, 0) is 23.1 Å². The molecule has 0 radical (unpaired) electrons. The van der Waals surface area contributed by atoms with Gasteiger partial charge in [-0.2, -0.15) is 0 Å². The van der Waals surface area contributed by atoms with Gasteiger partial charge in [0.2, 0.25) is 5.91 Å². The molecule has 2 fully saturated rings. The van der Waals surface area contributed by atoms with Gasteiger partial charge in [0, 0.05) is 36.8 Å². The number of aromatic hydroxyl groups is 1. The van der Waals surface area contributed by atoms with E-state index in [2.05, 4.69) is 17.0 Å². The van der Waals surface area contributed by atoms with Crippen LogP contribution in [0.3, 0.4) is 0 Å². The highest BCUT2D eigenvalue weighted by atomic mass is 16.6. The fourth-order valence-corrected chi connectivity index (χ4v) is 8.64. The highest BCUT2D eigenvalue weighted by Crippen LogP contribution is 2.67. The normalized spacial score (nSPS) is 28.4. The molecule has 4 aliphatic rings. The molecule has 0 aromatic heterocycles. The maximum absolute atomic E-state index is 13.5. The average Bonchev–Trinajstić information content (AvgIpc) is 3.36. The fraction of sp³-hybridized carbons (Fsp3) is 0.400. The van der Waals surface area contributed by atoms with Gasteiger partial charge in [-0.25, -0.2) is 0 Å². The van der Waals surface area contributed by atoms with E-state index < -0.39 is 28.1 Å². The monoisotopic (exact) mass is 595 g/mol. The first-order chi connectivity index (χ1) is 21.1. The third-order valence-electron chi connectivity index (χ3n) is 10.7. The van der Waals surface area contributed by atoms with E-state index in [0.29, 0.717) is 49.9 Å². The molecule has 1 saturated carbocycles. The Labute approximate surface area is 256 Å². The maximum atomic E-state index is 13.5. The zero-order chi connectivity index (χ0) is 30.8. The van der Waals surface area contributed by atoms with Gasteiger partial charge in [-0.05, 0) is 62.8 Å².